The van der Waals surface area contributed by atoms with Gasteiger partial charge in [-0.2, -0.15) is 0 Å². The Hall–Kier alpha value is -1.97. The lowest BCUT2D eigenvalue weighted by Gasteiger charge is -2.42. The molecule has 1 aromatic heterocycles. The highest BCUT2D eigenvalue weighted by Crippen LogP contribution is 2.46. The zero-order chi connectivity index (χ0) is 15.0. The predicted octanol–water partition coefficient (Wildman–Crippen LogP) is 2.83. The van der Waals surface area contributed by atoms with E-state index in [1.165, 1.54) is 12.0 Å². The largest absolute Gasteiger partial charge is 0.508 e. The van der Waals surface area contributed by atoms with Gasteiger partial charge in [-0.05, 0) is 36.6 Å². The van der Waals surface area contributed by atoms with Crippen LogP contribution in [0.4, 0.5) is 0 Å². The molecule has 0 unspecified atom stereocenters. The summed E-state index contributed by atoms with van der Waals surface area (Å²) >= 11 is 0. The van der Waals surface area contributed by atoms with E-state index in [1.54, 1.807) is 6.07 Å². The van der Waals surface area contributed by atoms with Crippen LogP contribution >= 0.6 is 0 Å². The molecule has 3 rings (SSSR count). The number of amides is 1. The highest BCUT2D eigenvalue weighted by atomic mass is 16.3. The number of hydrogen-bond acceptors (Lipinski definition) is 2. The average molecular weight is 286 g/mol. The fraction of sp³-hybridized carbons (Fsp3) is 0.471. The highest BCUT2D eigenvalue weighted by molar-refractivity contribution is 5.87. The molecule has 2 N–H and O–H groups in total. The summed E-state index contributed by atoms with van der Waals surface area (Å²) in [7, 11) is 2.03. The maximum atomic E-state index is 11.6. The van der Waals surface area contributed by atoms with Crippen molar-refractivity contribution >= 4 is 16.8 Å². The highest BCUT2D eigenvalue weighted by Gasteiger charge is 2.40. The molecule has 21 heavy (non-hydrogen) atoms. The first kappa shape index (κ1) is 14.0. The molecule has 1 saturated carbocycles. The number of aromatic nitrogens is 1. The van der Waals surface area contributed by atoms with Gasteiger partial charge in [0, 0.05) is 42.5 Å². The lowest BCUT2D eigenvalue weighted by atomic mass is 9.64. The normalized spacial score (nSPS) is 16.7. The van der Waals surface area contributed by atoms with Crippen molar-refractivity contribution in [2.75, 3.05) is 6.54 Å². The minimum Gasteiger partial charge on any atom is -0.508 e. The van der Waals surface area contributed by atoms with Crippen LogP contribution in [0.5, 0.6) is 5.75 Å². The van der Waals surface area contributed by atoms with Gasteiger partial charge in [-0.25, -0.2) is 0 Å². The van der Waals surface area contributed by atoms with E-state index in [1.807, 2.05) is 26.1 Å². The van der Waals surface area contributed by atoms with Crippen LogP contribution in [0.1, 0.15) is 38.2 Å². The first-order valence-corrected chi connectivity index (χ1v) is 7.61. The molecule has 1 heterocycles. The van der Waals surface area contributed by atoms with Gasteiger partial charge in [0.05, 0.1) is 0 Å². The van der Waals surface area contributed by atoms with Crippen molar-refractivity contribution in [3.05, 3.63) is 30.0 Å². The zero-order valence-corrected chi connectivity index (χ0v) is 12.6. The average Bonchev–Trinajstić information content (AvgIpc) is 2.74. The number of benzene rings is 1. The Bertz CT molecular complexity index is 683. The van der Waals surface area contributed by atoms with E-state index in [2.05, 4.69) is 16.1 Å². The number of nitrogens with zero attached hydrogens (tertiary/aromatic N) is 1. The number of carbonyl (C=O) groups is 1. The molecule has 0 radical (unpaired) electrons. The summed E-state index contributed by atoms with van der Waals surface area (Å²) in [5.41, 5.74) is 2.40. The molecule has 4 heteroatoms. The number of phenols is 1. The number of aromatic hydroxyl groups is 1. The summed E-state index contributed by atoms with van der Waals surface area (Å²) in [6.45, 7) is 2.56. The van der Waals surface area contributed by atoms with Crippen molar-refractivity contribution in [2.45, 2.75) is 38.0 Å². The number of aryl methyl sites for hydroxylation is 1. The molecule has 0 saturated heterocycles. The Labute approximate surface area is 124 Å². The third-order valence-corrected chi connectivity index (χ3v) is 4.80. The van der Waals surface area contributed by atoms with Crippen molar-refractivity contribution < 1.29 is 9.90 Å². The van der Waals surface area contributed by atoms with Crippen LogP contribution in [0.2, 0.25) is 0 Å². The second kappa shape index (κ2) is 5.10. The SMILES string of the molecule is CCC(=O)NCC1(c2cn(C)c3ccc(O)cc23)CCC1. The molecule has 0 aliphatic heterocycles. The molecule has 0 atom stereocenters. The third kappa shape index (κ3) is 2.28. The van der Waals surface area contributed by atoms with Gasteiger partial charge in [-0.1, -0.05) is 13.3 Å². The molecular weight excluding hydrogens is 264 g/mol. The molecule has 0 spiro atoms. The van der Waals surface area contributed by atoms with E-state index in [0.717, 1.165) is 23.7 Å². The maximum absolute atomic E-state index is 11.6. The van der Waals surface area contributed by atoms with Crippen LogP contribution in [-0.4, -0.2) is 22.1 Å². The quantitative estimate of drug-likeness (QED) is 0.908. The molecule has 1 aliphatic rings. The summed E-state index contributed by atoms with van der Waals surface area (Å²) in [6, 6.07) is 5.51. The van der Waals surface area contributed by atoms with Crippen LogP contribution < -0.4 is 5.32 Å². The number of hydrogen-bond donors (Lipinski definition) is 2. The summed E-state index contributed by atoms with van der Waals surface area (Å²) in [4.78, 5) is 11.6. The number of phenolic OH excluding ortho intramolecular Hbond substituents is 1. The van der Waals surface area contributed by atoms with Gasteiger partial charge in [0.25, 0.3) is 0 Å². The van der Waals surface area contributed by atoms with Gasteiger partial charge >= 0.3 is 0 Å². The van der Waals surface area contributed by atoms with Crippen molar-refractivity contribution in [1.82, 2.24) is 9.88 Å². The Morgan fingerprint density at radius 1 is 1.43 bits per heavy atom. The summed E-state index contributed by atoms with van der Waals surface area (Å²) in [6.07, 6.45) is 6.04. The molecule has 1 aliphatic carbocycles. The number of fused-ring (bicyclic) bond motifs is 1. The lowest BCUT2D eigenvalue weighted by molar-refractivity contribution is -0.121. The van der Waals surface area contributed by atoms with E-state index in [4.69, 9.17) is 0 Å². The van der Waals surface area contributed by atoms with Crippen molar-refractivity contribution in [3.63, 3.8) is 0 Å². The van der Waals surface area contributed by atoms with Crippen LogP contribution in [0.3, 0.4) is 0 Å². The van der Waals surface area contributed by atoms with Crippen LogP contribution in [0, 0.1) is 0 Å². The second-order valence-corrected chi connectivity index (χ2v) is 6.12. The standard InChI is InChI=1S/C17H22N2O2/c1-3-16(21)18-11-17(7-4-8-17)14-10-19(2)15-6-5-12(20)9-13(14)15/h5-6,9-10,20H,3-4,7-8,11H2,1-2H3,(H,18,21). The zero-order valence-electron chi connectivity index (χ0n) is 12.6. The fourth-order valence-corrected chi connectivity index (χ4v) is 3.34. The first-order chi connectivity index (χ1) is 10.1. The predicted molar refractivity (Wildman–Crippen MR) is 83.4 cm³/mol. The monoisotopic (exact) mass is 286 g/mol. The molecule has 1 amide bonds. The van der Waals surface area contributed by atoms with E-state index in [9.17, 15) is 9.90 Å². The van der Waals surface area contributed by atoms with Crippen LogP contribution in [-0.2, 0) is 17.3 Å². The van der Waals surface area contributed by atoms with Crippen molar-refractivity contribution in [1.29, 1.82) is 0 Å². The van der Waals surface area contributed by atoms with E-state index >= 15 is 0 Å². The first-order valence-electron chi connectivity index (χ1n) is 7.61. The molecule has 0 bridgehead atoms. The number of rotatable bonds is 4. The Morgan fingerprint density at radius 2 is 2.19 bits per heavy atom. The van der Waals surface area contributed by atoms with E-state index in [-0.39, 0.29) is 11.3 Å². The molecule has 4 nitrogen and oxygen atoms in total. The molecule has 2 aromatic rings. The third-order valence-electron chi connectivity index (χ3n) is 4.80. The second-order valence-electron chi connectivity index (χ2n) is 6.12. The van der Waals surface area contributed by atoms with Gasteiger partial charge in [0.1, 0.15) is 5.75 Å². The maximum Gasteiger partial charge on any atom is 0.219 e. The van der Waals surface area contributed by atoms with Gasteiger partial charge in [-0.3, -0.25) is 4.79 Å². The lowest BCUT2D eigenvalue weighted by Crippen LogP contribution is -2.45. The van der Waals surface area contributed by atoms with Gasteiger partial charge < -0.3 is 15.0 Å². The van der Waals surface area contributed by atoms with Crippen molar-refractivity contribution in [3.8, 4) is 5.75 Å². The topological polar surface area (TPSA) is 54.3 Å². The summed E-state index contributed by atoms with van der Waals surface area (Å²) in [5.74, 6) is 0.395. The fourth-order valence-electron chi connectivity index (χ4n) is 3.34. The Balaban J connectivity index is 2.01. The molecular formula is C17H22N2O2. The van der Waals surface area contributed by atoms with Gasteiger partial charge in [-0.15, -0.1) is 0 Å². The minimum absolute atomic E-state index is 0.0259. The van der Waals surface area contributed by atoms with E-state index in [0.29, 0.717) is 18.7 Å². The Morgan fingerprint density at radius 3 is 2.81 bits per heavy atom. The molecule has 1 fully saturated rings. The molecule has 112 valence electrons. The van der Waals surface area contributed by atoms with Gasteiger partial charge in [0.2, 0.25) is 5.91 Å². The summed E-state index contributed by atoms with van der Waals surface area (Å²) < 4.78 is 2.10. The van der Waals surface area contributed by atoms with E-state index < -0.39 is 0 Å². The van der Waals surface area contributed by atoms with Gasteiger partial charge in [0.15, 0.2) is 0 Å². The van der Waals surface area contributed by atoms with Crippen LogP contribution in [0.15, 0.2) is 24.4 Å². The summed E-state index contributed by atoms with van der Waals surface area (Å²) in [5, 5.41) is 13.9. The minimum atomic E-state index is 0.0259. The number of nitrogens with one attached hydrogen (secondary N) is 1. The molecule has 1 aromatic carbocycles. The number of carbonyl (C=O) groups excluding carboxylic acids is 1. The van der Waals surface area contributed by atoms with Crippen molar-refractivity contribution in [2.24, 2.45) is 7.05 Å². The van der Waals surface area contributed by atoms with Crippen LogP contribution in [0.25, 0.3) is 10.9 Å². The Kier molecular flexibility index (Phi) is 3.40. The smallest absolute Gasteiger partial charge is 0.219 e.